The predicted molar refractivity (Wildman–Crippen MR) is 66.4 cm³/mol. The second-order valence-corrected chi connectivity index (χ2v) is 4.95. The van der Waals surface area contributed by atoms with Gasteiger partial charge >= 0.3 is 0 Å². The molecule has 0 bridgehead atoms. The Hall–Kier alpha value is -0.650. The fraction of sp³-hybridized carbons (Fsp3) is 0.111. The van der Waals surface area contributed by atoms with Gasteiger partial charge in [-0.1, -0.05) is 32.0 Å². The maximum Gasteiger partial charge on any atom is 0.130 e. The van der Waals surface area contributed by atoms with Crippen molar-refractivity contribution in [3.05, 3.63) is 39.5 Å². The van der Waals surface area contributed by atoms with Gasteiger partial charge < -0.3 is 5.32 Å². The summed E-state index contributed by atoms with van der Waals surface area (Å²) in [5, 5.41) is 8.64. The molecule has 0 aliphatic carbocycles. The molecule has 1 N–H and O–H groups in total. The Balaban J connectivity index is 2.07. The Labute approximate surface area is 105 Å². The molecule has 1 aromatic heterocycles. The van der Waals surface area contributed by atoms with Crippen LogP contribution in [0.25, 0.3) is 0 Å². The van der Waals surface area contributed by atoms with E-state index in [4.69, 9.17) is 11.6 Å². The molecular formula is C9H7BrClN3S. The third-order valence-corrected chi connectivity index (χ3v) is 3.45. The van der Waals surface area contributed by atoms with E-state index < -0.39 is 0 Å². The number of nitrogens with one attached hydrogen (secondary N) is 1. The zero-order valence-electron chi connectivity index (χ0n) is 7.58. The van der Waals surface area contributed by atoms with Crippen LogP contribution < -0.4 is 5.32 Å². The van der Waals surface area contributed by atoms with Crippen LogP contribution in [-0.4, -0.2) is 9.59 Å². The number of halogens is 2. The van der Waals surface area contributed by atoms with E-state index in [0.717, 1.165) is 20.1 Å². The summed E-state index contributed by atoms with van der Waals surface area (Å²) in [6, 6.07) is 5.71. The third-order valence-electron chi connectivity index (χ3n) is 1.82. The van der Waals surface area contributed by atoms with Crippen LogP contribution in [0.4, 0.5) is 5.00 Å². The van der Waals surface area contributed by atoms with Crippen LogP contribution in [0.15, 0.2) is 28.9 Å². The third kappa shape index (κ3) is 2.90. The molecule has 0 unspecified atom stereocenters. The summed E-state index contributed by atoms with van der Waals surface area (Å²) in [5.74, 6) is 0. The molecule has 0 saturated carbocycles. The summed E-state index contributed by atoms with van der Waals surface area (Å²) in [7, 11) is 0. The molecule has 3 nitrogen and oxygen atoms in total. The summed E-state index contributed by atoms with van der Waals surface area (Å²) < 4.78 is 4.80. The molecule has 0 aliphatic rings. The van der Waals surface area contributed by atoms with E-state index in [1.807, 2.05) is 18.2 Å². The standard InChI is InChI=1S/C9H7BrClN3S/c10-8-2-1-7(11)3-6(8)4-12-9-5-13-14-15-9/h1-3,5,12H,4H2. The smallest absolute Gasteiger partial charge is 0.130 e. The van der Waals surface area contributed by atoms with Crippen LogP contribution in [0, 0.1) is 0 Å². The molecule has 0 atom stereocenters. The zero-order chi connectivity index (χ0) is 10.7. The number of nitrogens with zero attached hydrogens (tertiary/aromatic N) is 2. The van der Waals surface area contributed by atoms with Crippen molar-refractivity contribution in [2.45, 2.75) is 6.54 Å². The lowest BCUT2D eigenvalue weighted by Crippen LogP contribution is -1.98. The Morgan fingerprint density at radius 3 is 3.07 bits per heavy atom. The molecule has 0 aliphatic heterocycles. The summed E-state index contributed by atoms with van der Waals surface area (Å²) in [4.78, 5) is 0. The maximum atomic E-state index is 5.91. The first kappa shape index (κ1) is 10.9. The summed E-state index contributed by atoms with van der Waals surface area (Å²) in [6.45, 7) is 0.699. The molecular weight excluding hydrogens is 298 g/mol. The fourth-order valence-corrected chi connectivity index (χ4v) is 2.10. The van der Waals surface area contributed by atoms with Crippen LogP contribution in [0.2, 0.25) is 5.02 Å². The minimum atomic E-state index is 0.699. The first-order valence-electron chi connectivity index (χ1n) is 4.21. The van der Waals surface area contributed by atoms with Crippen molar-refractivity contribution in [1.29, 1.82) is 0 Å². The molecule has 15 heavy (non-hydrogen) atoms. The largest absolute Gasteiger partial charge is 0.370 e. The van der Waals surface area contributed by atoms with Gasteiger partial charge in [0.1, 0.15) is 5.00 Å². The van der Waals surface area contributed by atoms with E-state index in [2.05, 4.69) is 30.8 Å². The molecule has 78 valence electrons. The van der Waals surface area contributed by atoms with Gasteiger partial charge in [-0.05, 0) is 23.8 Å². The Morgan fingerprint density at radius 2 is 2.33 bits per heavy atom. The number of anilines is 1. The van der Waals surface area contributed by atoms with E-state index in [1.165, 1.54) is 11.5 Å². The molecule has 6 heteroatoms. The highest BCUT2D eigenvalue weighted by molar-refractivity contribution is 9.10. The first-order chi connectivity index (χ1) is 7.25. The van der Waals surface area contributed by atoms with E-state index in [1.54, 1.807) is 6.20 Å². The first-order valence-corrected chi connectivity index (χ1v) is 6.15. The average Bonchev–Trinajstić information content (AvgIpc) is 2.72. The summed E-state index contributed by atoms with van der Waals surface area (Å²) in [5.41, 5.74) is 1.11. The van der Waals surface area contributed by atoms with Crippen LogP contribution in [0.5, 0.6) is 0 Å². The molecule has 0 saturated heterocycles. The highest BCUT2D eigenvalue weighted by Gasteiger charge is 2.01. The van der Waals surface area contributed by atoms with Crippen molar-refractivity contribution in [2.24, 2.45) is 0 Å². The van der Waals surface area contributed by atoms with E-state index >= 15 is 0 Å². The van der Waals surface area contributed by atoms with Gasteiger partial charge in [-0.2, -0.15) is 0 Å². The fourth-order valence-electron chi connectivity index (χ4n) is 1.11. The highest BCUT2D eigenvalue weighted by Crippen LogP contribution is 2.22. The highest BCUT2D eigenvalue weighted by atomic mass is 79.9. The lowest BCUT2D eigenvalue weighted by molar-refractivity contribution is 1.13. The molecule has 2 aromatic rings. The zero-order valence-corrected chi connectivity index (χ0v) is 10.7. The second kappa shape index (κ2) is 4.92. The number of hydrogen-bond acceptors (Lipinski definition) is 4. The second-order valence-electron chi connectivity index (χ2n) is 2.87. The molecule has 1 aromatic carbocycles. The van der Waals surface area contributed by atoms with Crippen molar-refractivity contribution < 1.29 is 0 Å². The van der Waals surface area contributed by atoms with Gasteiger partial charge in [-0.15, -0.1) is 5.10 Å². The topological polar surface area (TPSA) is 37.8 Å². The molecule has 2 rings (SSSR count). The number of hydrogen-bond donors (Lipinski definition) is 1. The normalized spacial score (nSPS) is 10.3. The summed E-state index contributed by atoms with van der Waals surface area (Å²) in [6.07, 6.45) is 1.70. The Morgan fingerprint density at radius 1 is 1.47 bits per heavy atom. The van der Waals surface area contributed by atoms with E-state index in [-0.39, 0.29) is 0 Å². The number of rotatable bonds is 3. The van der Waals surface area contributed by atoms with Gasteiger partial charge in [0.25, 0.3) is 0 Å². The quantitative estimate of drug-likeness (QED) is 0.942. The van der Waals surface area contributed by atoms with Crippen molar-refractivity contribution >= 4 is 44.1 Å². The minimum Gasteiger partial charge on any atom is -0.370 e. The predicted octanol–water partition coefficient (Wildman–Crippen LogP) is 3.57. The van der Waals surface area contributed by atoms with Gasteiger partial charge in [0.05, 0.1) is 6.20 Å². The van der Waals surface area contributed by atoms with Crippen molar-refractivity contribution in [2.75, 3.05) is 5.32 Å². The van der Waals surface area contributed by atoms with Gasteiger partial charge in [0.2, 0.25) is 0 Å². The molecule has 1 heterocycles. The average molecular weight is 305 g/mol. The van der Waals surface area contributed by atoms with Gasteiger partial charge in [-0.25, -0.2) is 0 Å². The van der Waals surface area contributed by atoms with Crippen LogP contribution in [0.1, 0.15) is 5.56 Å². The molecule has 0 radical (unpaired) electrons. The van der Waals surface area contributed by atoms with Crippen molar-refractivity contribution in [3.63, 3.8) is 0 Å². The molecule has 0 amide bonds. The van der Waals surface area contributed by atoms with Crippen LogP contribution in [0.3, 0.4) is 0 Å². The maximum absolute atomic E-state index is 5.91. The van der Waals surface area contributed by atoms with Crippen LogP contribution in [-0.2, 0) is 6.54 Å². The lowest BCUT2D eigenvalue weighted by Gasteiger charge is -2.05. The number of benzene rings is 1. The van der Waals surface area contributed by atoms with Crippen molar-refractivity contribution in [1.82, 2.24) is 9.59 Å². The van der Waals surface area contributed by atoms with Gasteiger partial charge in [0, 0.05) is 27.6 Å². The molecule has 0 fully saturated rings. The molecule has 0 spiro atoms. The Kier molecular flexibility index (Phi) is 3.56. The van der Waals surface area contributed by atoms with E-state index in [0.29, 0.717) is 6.54 Å². The minimum absolute atomic E-state index is 0.699. The lowest BCUT2D eigenvalue weighted by atomic mass is 10.2. The summed E-state index contributed by atoms with van der Waals surface area (Å²) >= 11 is 10.7. The van der Waals surface area contributed by atoms with Crippen molar-refractivity contribution in [3.8, 4) is 0 Å². The monoisotopic (exact) mass is 303 g/mol. The van der Waals surface area contributed by atoms with Gasteiger partial charge in [-0.3, -0.25) is 0 Å². The Bertz CT molecular complexity index is 447. The van der Waals surface area contributed by atoms with E-state index in [9.17, 15) is 0 Å². The SMILES string of the molecule is Clc1ccc(Br)c(CNc2cnns2)c1. The van der Waals surface area contributed by atoms with Gasteiger partial charge in [0.15, 0.2) is 0 Å². The number of aromatic nitrogens is 2. The van der Waals surface area contributed by atoms with Crippen LogP contribution >= 0.6 is 39.1 Å².